The molecule has 3 amide bonds. The van der Waals surface area contributed by atoms with Gasteiger partial charge in [-0.3, -0.25) is 4.79 Å². The predicted molar refractivity (Wildman–Crippen MR) is 111 cm³/mol. The molecule has 29 heavy (non-hydrogen) atoms. The molecule has 0 saturated carbocycles. The number of benzene rings is 2. The van der Waals surface area contributed by atoms with Gasteiger partial charge in [0, 0.05) is 18.8 Å². The molecule has 0 aliphatic carbocycles. The number of hydrogen-bond acceptors (Lipinski definition) is 4. The number of carbonyl (C=O) groups excluding carboxylic acids is 2. The summed E-state index contributed by atoms with van der Waals surface area (Å²) in [5.74, 6) is 0.762. The number of nitrogens with one attached hydrogen (secondary N) is 3. The van der Waals surface area contributed by atoms with Gasteiger partial charge < -0.3 is 25.4 Å². The van der Waals surface area contributed by atoms with Gasteiger partial charge in [0.05, 0.1) is 26.2 Å². The van der Waals surface area contributed by atoms with Crippen LogP contribution in [0.25, 0.3) is 0 Å². The fraction of sp³-hybridized carbons (Fsp3) is 0.364. The molecule has 7 nitrogen and oxygen atoms in total. The molecule has 1 saturated heterocycles. The lowest BCUT2D eigenvalue weighted by atomic mass is 10.1. The third-order valence-corrected chi connectivity index (χ3v) is 4.71. The van der Waals surface area contributed by atoms with Crippen LogP contribution in [-0.4, -0.2) is 38.3 Å². The van der Waals surface area contributed by atoms with Crippen LogP contribution in [0.2, 0.25) is 0 Å². The van der Waals surface area contributed by atoms with Crippen LogP contribution in [-0.2, 0) is 22.5 Å². The lowest BCUT2D eigenvalue weighted by Crippen LogP contribution is -2.41. The van der Waals surface area contributed by atoms with Crippen LogP contribution in [0, 0.1) is 0 Å². The minimum absolute atomic E-state index is 0.0153. The van der Waals surface area contributed by atoms with Crippen LogP contribution < -0.4 is 20.7 Å². The Balaban J connectivity index is 1.41. The molecule has 3 rings (SSSR count). The van der Waals surface area contributed by atoms with Crippen molar-refractivity contribution in [1.29, 1.82) is 0 Å². The van der Waals surface area contributed by atoms with Crippen molar-refractivity contribution in [2.75, 3.05) is 25.6 Å². The molecule has 1 unspecified atom stereocenters. The number of hydrogen-bond donors (Lipinski definition) is 3. The minimum atomic E-state index is -0.288. The standard InChI is InChI=1S/C22H27N3O4/c1-28-20-10-6-17(7-11-20)14-23-22(27)25-18-8-4-16(5-9-18)13-21(26)24-19-3-2-12-29-15-19/h4-11,19H,2-3,12-15H2,1H3,(H,24,26)(H2,23,25,27). The Morgan fingerprint density at radius 3 is 2.45 bits per heavy atom. The van der Waals surface area contributed by atoms with Gasteiger partial charge in [-0.15, -0.1) is 0 Å². The third kappa shape index (κ3) is 6.80. The Morgan fingerprint density at radius 1 is 1.07 bits per heavy atom. The zero-order chi connectivity index (χ0) is 20.5. The monoisotopic (exact) mass is 397 g/mol. The first-order valence-corrected chi connectivity index (χ1v) is 9.76. The minimum Gasteiger partial charge on any atom is -0.497 e. The summed E-state index contributed by atoms with van der Waals surface area (Å²) in [7, 11) is 1.62. The number of amides is 3. The van der Waals surface area contributed by atoms with Gasteiger partial charge in [0.15, 0.2) is 0 Å². The fourth-order valence-electron chi connectivity index (χ4n) is 3.13. The molecule has 7 heteroatoms. The molecule has 0 aromatic heterocycles. The van der Waals surface area contributed by atoms with E-state index in [0.29, 0.717) is 25.3 Å². The Hall–Kier alpha value is -3.06. The zero-order valence-electron chi connectivity index (χ0n) is 16.6. The lowest BCUT2D eigenvalue weighted by Gasteiger charge is -2.23. The average molecular weight is 397 g/mol. The second-order valence-electron chi connectivity index (χ2n) is 7.01. The molecule has 2 aromatic carbocycles. The third-order valence-electron chi connectivity index (χ3n) is 4.71. The van der Waals surface area contributed by atoms with Crippen LogP contribution in [0.1, 0.15) is 24.0 Å². The maximum atomic E-state index is 12.1. The maximum Gasteiger partial charge on any atom is 0.319 e. The van der Waals surface area contributed by atoms with Crippen LogP contribution in [0.3, 0.4) is 0 Å². The van der Waals surface area contributed by atoms with E-state index in [9.17, 15) is 9.59 Å². The molecule has 1 heterocycles. The number of rotatable bonds is 7. The van der Waals surface area contributed by atoms with Crippen LogP contribution in [0.4, 0.5) is 10.5 Å². The van der Waals surface area contributed by atoms with Crippen molar-refractivity contribution in [2.45, 2.75) is 31.8 Å². The summed E-state index contributed by atoms with van der Waals surface area (Å²) in [6, 6.07) is 14.6. The molecule has 1 aliphatic heterocycles. The molecule has 2 aromatic rings. The Labute approximate surface area is 170 Å². The first-order chi connectivity index (χ1) is 14.1. The van der Waals surface area contributed by atoms with E-state index in [1.165, 1.54) is 0 Å². The lowest BCUT2D eigenvalue weighted by molar-refractivity contribution is -0.122. The highest BCUT2D eigenvalue weighted by Crippen LogP contribution is 2.13. The molecule has 0 radical (unpaired) electrons. The van der Waals surface area contributed by atoms with E-state index in [0.717, 1.165) is 36.3 Å². The number of urea groups is 1. The summed E-state index contributed by atoms with van der Waals surface area (Å²) in [5, 5.41) is 8.60. The van der Waals surface area contributed by atoms with Gasteiger partial charge >= 0.3 is 6.03 Å². The largest absolute Gasteiger partial charge is 0.497 e. The number of ether oxygens (including phenoxy) is 2. The normalized spacial score (nSPS) is 16.0. The van der Waals surface area contributed by atoms with Gasteiger partial charge in [-0.1, -0.05) is 24.3 Å². The highest BCUT2D eigenvalue weighted by molar-refractivity contribution is 5.89. The summed E-state index contributed by atoms with van der Waals surface area (Å²) in [5.41, 5.74) is 2.54. The molecule has 1 aliphatic rings. The maximum absolute atomic E-state index is 12.1. The highest BCUT2D eigenvalue weighted by atomic mass is 16.5. The fourth-order valence-corrected chi connectivity index (χ4v) is 3.13. The summed E-state index contributed by atoms with van der Waals surface area (Å²) in [6.07, 6.45) is 2.24. The first kappa shape index (κ1) is 20.7. The van der Waals surface area contributed by atoms with E-state index in [-0.39, 0.29) is 18.0 Å². The summed E-state index contributed by atoms with van der Waals surface area (Å²) in [6.45, 7) is 1.77. The summed E-state index contributed by atoms with van der Waals surface area (Å²) < 4.78 is 10.5. The Bertz CT molecular complexity index is 800. The van der Waals surface area contributed by atoms with E-state index in [1.54, 1.807) is 19.2 Å². The molecular formula is C22H27N3O4. The van der Waals surface area contributed by atoms with Gasteiger partial charge in [-0.05, 0) is 48.2 Å². The molecular weight excluding hydrogens is 370 g/mol. The second kappa shape index (κ2) is 10.5. The molecule has 1 atom stereocenters. The topological polar surface area (TPSA) is 88.7 Å². The van der Waals surface area contributed by atoms with Crippen LogP contribution in [0.5, 0.6) is 5.75 Å². The van der Waals surface area contributed by atoms with Gasteiger partial charge in [0.25, 0.3) is 0 Å². The number of carbonyl (C=O) groups is 2. The van der Waals surface area contributed by atoms with Crippen molar-refractivity contribution in [3.05, 3.63) is 59.7 Å². The van der Waals surface area contributed by atoms with E-state index in [1.807, 2.05) is 36.4 Å². The first-order valence-electron chi connectivity index (χ1n) is 9.76. The second-order valence-corrected chi connectivity index (χ2v) is 7.01. The van der Waals surface area contributed by atoms with Gasteiger partial charge in [0.1, 0.15) is 5.75 Å². The molecule has 1 fully saturated rings. The molecule has 154 valence electrons. The van der Waals surface area contributed by atoms with Crippen molar-refractivity contribution in [3.8, 4) is 5.75 Å². The van der Waals surface area contributed by atoms with Crippen molar-refractivity contribution in [3.63, 3.8) is 0 Å². The summed E-state index contributed by atoms with van der Waals surface area (Å²) >= 11 is 0. The summed E-state index contributed by atoms with van der Waals surface area (Å²) in [4.78, 5) is 24.2. The van der Waals surface area contributed by atoms with E-state index in [2.05, 4.69) is 16.0 Å². The van der Waals surface area contributed by atoms with Gasteiger partial charge in [0.2, 0.25) is 5.91 Å². The zero-order valence-corrected chi connectivity index (χ0v) is 16.6. The van der Waals surface area contributed by atoms with E-state index in [4.69, 9.17) is 9.47 Å². The SMILES string of the molecule is COc1ccc(CNC(=O)Nc2ccc(CC(=O)NC3CCCOC3)cc2)cc1. The molecule has 0 bridgehead atoms. The van der Waals surface area contributed by atoms with E-state index >= 15 is 0 Å². The Morgan fingerprint density at radius 2 is 1.79 bits per heavy atom. The predicted octanol–water partition coefficient (Wildman–Crippen LogP) is 2.85. The highest BCUT2D eigenvalue weighted by Gasteiger charge is 2.16. The quantitative estimate of drug-likeness (QED) is 0.670. The number of methoxy groups -OCH3 is 1. The van der Waals surface area contributed by atoms with Crippen LogP contribution >= 0.6 is 0 Å². The van der Waals surface area contributed by atoms with Crippen molar-refractivity contribution >= 4 is 17.6 Å². The number of anilines is 1. The van der Waals surface area contributed by atoms with Crippen molar-refractivity contribution in [2.24, 2.45) is 0 Å². The molecule has 3 N–H and O–H groups in total. The van der Waals surface area contributed by atoms with Gasteiger partial charge in [-0.2, -0.15) is 0 Å². The van der Waals surface area contributed by atoms with Crippen molar-refractivity contribution < 1.29 is 19.1 Å². The van der Waals surface area contributed by atoms with Crippen molar-refractivity contribution in [1.82, 2.24) is 10.6 Å². The smallest absolute Gasteiger partial charge is 0.319 e. The van der Waals surface area contributed by atoms with Gasteiger partial charge in [-0.25, -0.2) is 4.79 Å². The van der Waals surface area contributed by atoms with E-state index < -0.39 is 0 Å². The average Bonchev–Trinajstić information content (AvgIpc) is 2.75. The van der Waals surface area contributed by atoms with Crippen LogP contribution in [0.15, 0.2) is 48.5 Å². The molecule has 0 spiro atoms. The Kier molecular flexibility index (Phi) is 7.47.